The molecule has 2 heteroatoms. The first kappa shape index (κ1) is 7.59. The number of hydrogen-bond donors (Lipinski definition) is 0. The molecule has 0 aliphatic heterocycles. The van der Waals surface area contributed by atoms with Crippen molar-refractivity contribution in [1.82, 2.24) is 0 Å². The fraction of sp³-hybridized carbons (Fsp3) is 0.333. The summed E-state index contributed by atoms with van der Waals surface area (Å²) < 4.78 is 15.0. The Bertz CT molecular complexity index is 255. The van der Waals surface area contributed by atoms with Gasteiger partial charge in [0.25, 0.3) is 0 Å². The van der Waals surface area contributed by atoms with E-state index in [1.807, 2.05) is 12.1 Å². The van der Waals surface area contributed by atoms with Crippen molar-refractivity contribution in [1.29, 1.82) is 0 Å². The van der Waals surface area contributed by atoms with E-state index in [9.17, 15) is 4.39 Å². The Morgan fingerprint density at radius 1 is 1.27 bits per heavy atom. The Kier molecular flexibility index (Phi) is 2.16. The zero-order valence-electron chi connectivity index (χ0n) is 6.18. The van der Waals surface area contributed by atoms with Crippen LogP contribution in [0.1, 0.15) is 12.8 Å². The topological polar surface area (TPSA) is 0 Å². The second-order valence-corrected chi connectivity index (χ2v) is 7.59. The SMILES string of the molecule is Fc1cccc[c]1[Sn][CH]1CC1. The Morgan fingerprint density at radius 3 is 2.64 bits per heavy atom. The van der Waals surface area contributed by atoms with Crippen molar-refractivity contribution in [3.63, 3.8) is 0 Å². The first-order valence-electron chi connectivity index (χ1n) is 3.87. The molecule has 0 amide bonds. The Morgan fingerprint density at radius 2 is 2.00 bits per heavy atom. The third kappa shape index (κ3) is 1.95. The van der Waals surface area contributed by atoms with E-state index in [1.165, 1.54) is 12.8 Å². The van der Waals surface area contributed by atoms with E-state index in [-0.39, 0.29) is 5.82 Å². The van der Waals surface area contributed by atoms with Gasteiger partial charge in [0.15, 0.2) is 0 Å². The summed E-state index contributed by atoms with van der Waals surface area (Å²) in [6.07, 6.45) is 2.72. The molecule has 11 heavy (non-hydrogen) atoms. The van der Waals surface area contributed by atoms with Crippen LogP contribution in [0.25, 0.3) is 0 Å². The van der Waals surface area contributed by atoms with Crippen molar-refractivity contribution in [2.24, 2.45) is 0 Å². The van der Waals surface area contributed by atoms with Crippen LogP contribution in [0.4, 0.5) is 4.39 Å². The van der Waals surface area contributed by atoms with E-state index in [1.54, 1.807) is 12.1 Å². The van der Waals surface area contributed by atoms with Gasteiger partial charge in [-0.25, -0.2) is 0 Å². The summed E-state index contributed by atoms with van der Waals surface area (Å²) in [7, 11) is 0. The normalized spacial score (nSPS) is 16.8. The molecule has 0 heterocycles. The van der Waals surface area contributed by atoms with E-state index in [4.69, 9.17) is 0 Å². The van der Waals surface area contributed by atoms with Gasteiger partial charge in [0.05, 0.1) is 0 Å². The zero-order chi connectivity index (χ0) is 7.68. The van der Waals surface area contributed by atoms with Gasteiger partial charge in [-0.2, -0.15) is 0 Å². The number of rotatable bonds is 2. The first-order chi connectivity index (χ1) is 5.36. The summed E-state index contributed by atoms with van der Waals surface area (Å²) in [5, 5.41) is 0. The first-order valence-corrected chi connectivity index (χ1v) is 6.95. The maximum atomic E-state index is 13.0. The quantitative estimate of drug-likeness (QED) is 0.706. The fourth-order valence-electron chi connectivity index (χ4n) is 1.03. The monoisotopic (exact) mass is 256 g/mol. The molecule has 1 aromatic rings. The van der Waals surface area contributed by atoms with E-state index in [0.29, 0.717) is 0 Å². The van der Waals surface area contributed by atoms with Crippen molar-refractivity contribution >= 4 is 24.7 Å². The zero-order valence-corrected chi connectivity index (χ0v) is 9.03. The predicted molar refractivity (Wildman–Crippen MR) is 44.8 cm³/mol. The molecule has 1 aliphatic carbocycles. The van der Waals surface area contributed by atoms with E-state index >= 15 is 0 Å². The van der Waals surface area contributed by atoms with Crippen LogP contribution in [0.15, 0.2) is 24.3 Å². The molecule has 0 unspecified atom stereocenters. The number of benzene rings is 1. The third-order valence-corrected chi connectivity index (χ3v) is 6.67. The molecular weight excluding hydrogens is 246 g/mol. The summed E-state index contributed by atoms with van der Waals surface area (Å²) in [4.78, 5) is 0. The van der Waals surface area contributed by atoms with Gasteiger partial charge in [-0.3, -0.25) is 0 Å². The second-order valence-electron chi connectivity index (χ2n) is 2.90. The molecule has 1 aromatic carbocycles. The molecule has 1 aliphatic rings. The van der Waals surface area contributed by atoms with Gasteiger partial charge in [-0.1, -0.05) is 0 Å². The molecule has 1 fully saturated rings. The fourth-order valence-corrected chi connectivity index (χ4v) is 4.76. The average Bonchev–Trinajstić information content (AvgIpc) is 2.78. The van der Waals surface area contributed by atoms with Gasteiger partial charge in [-0.05, 0) is 0 Å². The van der Waals surface area contributed by atoms with Crippen molar-refractivity contribution in [3.05, 3.63) is 30.1 Å². The minimum absolute atomic E-state index is 0.0333. The molecule has 0 nitrogen and oxygen atoms in total. The van der Waals surface area contributed by atoms with Crippen LogP contribution < -0.4 is 3.58 Å². The summed E-state index contributed by atoms with van der Waals surface area (Å²) in [5.74, 6) is 0.0333. The van der Waals surface area contributed by atoms with Crippen LogP contribution >= 0.6 is 0 Å². The van der Waals surface area contributed by atoms with Crippen LogP contribution in [0.2, 0.25) is 3.93 Å². The molecule has 1 saturated carbocycles. The maximum absolute atomic E-state index is 13.0. The number of halogens is 1. The van der Waals surface area contributed by atoms with Crippen LogP contribution in [-0.2, 0) is 0 Å². The minimum atomic E-state index is -0.540. The van der Waals surface area contributed by atoms with Gasteiger partial charge in [-0.15, -0.1) is 0 Å². The molecule has 2 radical (unpaired) electrons. The Labute approximate surface area is 76.0 Å². The summed E-state index contributed by atoms with van der Waals surface area (Å²) >= 11 is -0.540. The van der Waals surface area contributed by atoms with Gasteiger partial charge < -0.3 is 0 Å². The Hall–Kier alpha value is -0.0513. The molecule has 0 saturated heterocycles. The molecule has 56 valence electrons. The van der Waals surface area contributed by atoms with Gasteiger partial charge in [0.2, 0.25) is 0 Å². The van der Waals surface area contributed by atoms with Crippen LogP contribution in [0.3, 0.4) is 0 Å². The standard InChI is InChI=1S/C6H4F.C3H5.Sn/c7-6-4-2-1-3-5-6;1-2-3-1;/h1-4H;1H,2-3H2;. The third-order valence-electron chi connectivity index (χ3n) is 1.81. The molecular formula is C9H9FSn. The summed E-state index contributed by atoms with van der Waals surface area (Å²) in [6.45, 7) is 0. The summed E-state index contributed by atoms with van der Waals surface area (Å²) in [6, 6.07) is 7.26. The van der Waals surface area contributed by atoms with Crippen molar-refractivity contribution in [2.75, 3.05) is 0 Å². The molecule has 0 atom stereocenters. The van der Waals surface area contributed by atoms with E-state index in [0.717, 1.165) is 7.51 Å². The van der Waals surface area contributed by atoms with Crippen LogP contribution in [0, 0.1) is 5.82 Å². The Balaban J connectivity index is 2.15. The molecule has 0 spiro atoms. The van der Waals surface area contributed by atoms with Gasteiger partial charge in [0.1, 0.15) is 0 Å². The van der Waals surface area contributed by atoms with Crippen molar-refractivity contribution < 1.29 is 4.39 Å². The van der Waals surface area contributed by atoms with Crippen LogP contribution in [0.5, 0.6) is 0 Å². The molecule has 0 N–H and O–H groups in total. The van der Waals surface area contributed by atoms with Crippen molar-refractivity contribution in [3.8, 4) is 0 Å². The van der Waals surface area contributed by atoms with Crippen LogP contribution in [-0.4, -0.2) is 21.1 Å². The average molecular weight is 255 g/mol. The summed E-state index contributed by atoms with van der Waals surface area (Å²) in [5.41, 5.74) is 0. The van der Waals surface area contributed by atoms with Gasteiger partial charge in [0, 0.05) is 0 Å². The second kappa shape index (κ2) is 3.13. The number of hydrogen-bond acceptors (Lipinski definition) is 0. The van der Waals surface area contributed by atoms with E-state index in [2.05, 4.69) is 0 Å². The van der Waals surface area contributed by atoms with Crippen molar-refractivity contribution in [2.45, 2.75) is 16.8 Å². The van der Waals surface area contributed by atoms with Gasteiger partial charge >= 0.3 is 76.0 Å². The molecule has 0 bridgehead atoms. The van der Waals surface area contributed by atoms with E-state index < -0.39 is 21.1 Å². The molecule has 0 aromatic heterocycles. The predicted octanol–water partition coefficient (Wildman–Crippen LogP) is 1.74. The molecule has 2 rings (SSSR count).